The van der Waals surface area contributed by atoms with E-state index in [1.165, 1.54) is 0 Å². The molecular weight excluding hydrogens is 204 g/mol. The number of benzene rings is 1. The molecule has 16 heavy (non-hydrogen) atoms. The Labute approximate surface area is 94.5 Å². The molecule has 0 spiro atoms. The number of primary amides is 1. The van der Waals surface area contributed by atoms with E-state index in [1.807, 2.05) is 24.3 Å². The van der Waals surface area contributed by atoms with E-state index in [1.54, 1.807) is 6.92 Å². The average molecular weight is 220 g/mol. The third kappa shape index (κ3) is 1.88. The van der Waals surface area contributed by atoms with Crippen LogP contribution in [0.25, 0.3) is 0 Å². The first-order valence-corrected chi connectivity index (χ1v) is 5.38. The van der Waals surface area contributed by atoms with Crippen molar-refractivity contribution < 1.29 is 9.90 Å². The minimum Gasteiger partial charge on any atom is -0.385 e. The lowest BCUT2D eigenvalue weighted by molar-refractivity contribution is 0.0331. The topological polar surface area (TPSA) is 75.3 Å². The van der Waals surface area contributed by atoms with Crippen molar-refractivity contribution in [3.63, 3.8) is 0 Å². The number of fused-ring (bicyclic) bond motifs is 1. The lowest BCUT2D eigenvalue weighted by Crippen LogP contribution is -2.39. The van der Waals surface area contributed by atoms with Gasteiger partial charge in [-0.15, -0.1) is 0 Å². The van der Waals surface area contributed by atoms with Gasteiger partial charge >= 0.3 is 6.03 Å². The summed E-state index contributed by atoms with van der Waals surface area (Å²) in [6.07, 6.45) is 1.32. The minimum absolute atomic E-state index is 0.0890. The number of nitrogens with one attached hydrogen (secondary N) is 1. The summed E-state index contributed by atoms with van der Waals surface area (Å²) < 4.78 is 0. The number of hydrogen-bond donors (Lipinski definition) is 3. The van der Waals surface area contributed by atoms with Crippen LogP contribution in [0.15, 0.2) is 24.3 Å². The number of carbonyl (C=O) groups excluding carboxylic acids is 1. The summed E-state index contributed by atoms with van der Waals surface area (Å²) in [4.78, 5) is 10.9. The Morgan fingerprint density at radius 3 is 2.94 bits per heavy atom. The summed E-state index contributed by atoms with van der Waals surface area (Å²) in [6.45, 7) is 1.80. The third-order valence-corrected chi connectivity index (χ3v) is 3.15. The molecule has 4 N–H and O–H groups in total. The highest BCUT2D eigenvalue weighted by Crippen LogP contribution is 2.39. The zero-order valence-electron chi connectivity index (χ0n) is 9.23. The molecule has 4 nitrogen and oxygen atoms in total. The molecule has 86 valence electrons. The highest BCUT2D eigenvalue weighted by atomic mass is 16.3. The zero-order valence-corrected chi connectivity index (χ0v) is 9.23. The van der Waals surface area contributed by atoms with E-state index in [0.717, 1.165) is 11.1 Å². The van der Waals surface area contributed by atoms with Crippen molar-refractivity contribution in [1.82, 2.24) is 5.32 Å². The van der Waals surface area contributed by atoms with Crippen LogP contribution in [0.2, 0.25) is 0 Å². The number of carbonyl (C=O) groups is 1. The lowest BCUT2D eigenvalue weighted by atomic mass is 9.78. The van der Waals surface area contributed by atoms with E-state index in [9.17, 15) is 9.90 Å². The normalized spacial score (nSPS) is 28.2. The lowest BCUT2D eigenvalue weighted by Gasteiger charge is -2.35. The van der Waals surface area contributed by atoms with Crippen molar-refractivity contribution in [1.29, 1.82) is 0 Å². The van der Waals surface area contributed by atoms with E-state index in [-0.39, 0.29) is 6.04 Å². The maximum Gasteiger partial charge on any atom is 0.312 e. The fraction of sp³-hybridized carbons (Fsp3) is 0.417. The van der Waals surface area contributed by atoms with Gasteiger partial charge in [-0.3, -0.25) is 0 Å². The Bertz CT molecular complexity index is 415. The van der Waals surface area contributed by atoms with Gasteiger partial charge < -0.3 is 16.2 Å². The van der Waals surface area contributed by atoms with Crippen molar-refractivity contribution in [3.8, 4) is 0 Å². The van der Waals surface area contributed by atoms with E-state index < -0.39 is 11.6 Å². The first-order valence-electron chi connectivity index (χ1n) is 5.38. The van der Waals surface area contributed by atoms with Gasteiger partial charge in [0.25, 0.3) is 0 Å². The summed E-state index contributed by atoms with van der Waals surface area (Å²) in [7, 11) is 0. The predicted molar refractivity (Wildman–Crippen MR) is 60.7 cm³/mol. The molecule has 1 aromatic carbocycles. The molecule has 0 aliphatic heterocycles. The monoisotopic (exact) mass is 220 g/mol. The highest BCUT2D eigenvalue weighted by Gasteiger charge is 2.34. The second-order valence-electron chi connectivity index (χ2n) is 4.46. The maximum absolute atomic E-state index is 10.9. The van der Waals surface area contributed by atoms with Gasteiger partial charge in [-0.2, -0.15) is 0 Å². The molecular formula is C12H16N2O2. The van der Waals surface area contributed by atoms with Gasteiger partial charge in [0.05, 0.1) is 11.6 Å². The van der Waals surface area contributed by atoms with E-state index in [0.29, 0.717) is 12.8 Å². The van der Waals surface area contributed by atoms with Crippen molar-refractivity contribution in [2.45, 2.75) is 31.4 Å². The van der Waals surface area contributed by atoms with Gasteiger partial charge in [-0.05, 0) is 30.9 Å². The zero-order chi connectivity index (χ0) is 11.8. The van der Waals surface area contributed by atoms with Gasteiger partial charge in [-0.25, -0.2) is 4.79 Å². The molecule has 0 radical (unpaired) electrons. The molecule has 2 rings (SSSR count). The fourth-order valence-corrected chi connectivity index (χ4v) is 2.33. The molecule has 0 saturated heterocycles. The Balaban J connectivity index is 2.39. The summed E-state index contributed by atoms with van der Waals surface area (Å²) in [5.41, 5.74) is 6.15. The first-order chi connectivity index (χ1) is 7.50. The second-order valence-corrected chi connectivity index (χ2v) is 4.46. The first kappa shape index (κ1) is 11.0. The number of amides is 2. The fourth-order valence-electron chi connectivity index (χ4n) is 2.33. The van der Waals surface area contributed by atoms with Gasteiger partial charge in [0.2, 0.25) is 0 Å². The third-order valence-electron chi connectivity index (χ3n) is 3.15. The summed E-state index contributed by atoms with van der Waals surface area (Å²) in [6, 6.07) is 6.99. The van der Waals surface area contributed by atoms with Crippen LogP contribution in [0, 0.1) is 0 Å². The van der Waals surface area contributed by atoms with E-state index >= 15 is 0 Å². The summed E-state index contributed by atoms with van der Waals surface area (Å²) in [5.74, 6) is 0. The molecule has 1 aliphatic carbocycles. The molecule has 1 aliphatic rings. The minimum atomic E-state index is -0.813. The van der Waals surface area contributed by atoms with Crippen molar-refractivity contribution >= 4 is 6.03 Å². The number of aliphatic hydroxyl groups is 1. The van der Waals surface area contributed by atoms with E-state index in [4.69, 9.17) is 5.73 Å². The Hall–Kier alpha value is -1.55. The number of rotatable bonds is 1. The van der Waals surface area contributed by atoms with Crippen LogP contribution in [0.5, 0.6) is 0 Å². The van der Waals surface area contributed by atoms with Crippen molar-refractivity contribution in [2.75, 3.05) is 0 Å². The standard InChI is InChI=1S/C12H16N2O2/c1-12(16)7-6-10(14-11(13)15)8-4-2-3-5-9(8)12/h2-5,10,16H,6-7H2,1H3,(H3,13,14,15). The molecule has 0 bridgehead atoms. The number of nitrogens with two attached hydrogens (primary N) is 1. The van der Waals surface area contributed by atoms with Crippen LogP contribution in [-0.4, -0.2) is 11.1 Å². The molecule has 0 fully saturated rings. The van der Waals surface area contributed by atoms with Crippen molar-refractivity contribution in [2.24, 2.45) is 5.73 Å². The molecule has 4 heteroatoms. The molecule has 0 aromatic heterocycles. The van der Waals surface area contributed by atoms with Crippen LogP contribution in [0.4, 0.5) is 4.79 Å². The molecule has 0 saturated carbocycles. The molecule has 1 aromatic rings. The number of hydrogen-bond acceptors (Lipinski definition) is 2. The van der Waals surface area contributed by atoms with Crippen LogP contribution in [0.1, 0.15) is 36.9 Å². The van der Waals surface area contributed by atoms with Gasteiger partial charge in [0.15, 0.2) is 0 Å². The number of urea groups is 1. The smallest absolute Gasteiger partial charge is 0.312 e. The highest BCUT2D eigenvalue weighted by molar-refractivity contribution is 5.72. The van der Waals surface area contributed by atoms with Crippen LogP contribution in [-0.2, 0) is 5.60 Å². The Kier molecular flexibility index (Phi) is 2.59. The van der Waals surface area contributed by atoms with Gasteiger partial charge in [0, 0.05) is 0 Å². The van der Waals surface area contributed by atoms with Crippen LogP contribution < -0.4 is 11.1 Å². The molecule has 2 atom stereocenters. The summed E-state index contributed by atoms with van der Waals surface area (Å²) >= 11 is 0. The van der Waals surface area contributed by atoms with Gasteiger partial charge in [0.1, 0.15) is 0 Å². The molecule has 2 unspecified atom stereocenters. The summed E-state index contributed by atoms with van der Waals surface area (Å²) in [5, 5.41) is 12.9. The van der Waals surface area contributed by atoms with Crippen molar-refractivity contribution in [3.05, 3.63) is 35.4 Å². The molecule has 0 heterocycles. The average Bonchev–Trinajstić information content (AvgIpc) is 2.23. The van der Waals surface area contributed by atoms with Gasteiger partial charge in [-0.1, -0.05) is 24.3 Å². The second kappa shape index (κ2) is 3.79. The van der Waals surface area contributed by atoms with Crippen LogP contribution >= 0.6 is 0 Å². The largest absolute Gasteiger partial charge is 0.385 e. The molecule has 2 amide bonds. The van der Waals surface area contributed by atoms with E-state index in [2.05, 4.69) is 5.32 Å². The maximum atomic E-state index is 10.9. The van der Waals surface area contributed by atoms with Crippen LogP contribution in [0.3, 0.4) is 0 Å². The predicted octanol–water partition coefficient (Wildman–Crippen LogP) is 1.40. The quantitative estimate of drug-likeness (QED) is 0.669. The SMILES string of the molecule is CC1(O)CCC(NC(N)=O)c2ccccc21. The Morgan fingerprint density at radius 1 is 1.56 bits per heavy atom. The Morgan fingerprint density at radius 2 is 2.25 bits per heavy atom.